The average Bonchev–Trinajstić information content (AvgIpc) is 3.74. The lowest BCUT2D eigenvalue weighted by molar-refractivity contribution is 0.768. The maximum atomic E-state index is 2.43. The first kappa shape index (κ1) is 41.2. The van der Waals surface area contributed by atoms with Crippen LogP contribution in [0.25, 0.3) is 77.2 Å². The lowest BCUT2D eigenvalue weighted by Crippen LogP contribution is -2.28. The number of benzene rings is 12. The van der Waals surface area contributed by atoms with E-state index in [1.807, 2.05) is 0 Å². The molecular weight excluding hydrogens is 843 g/mol. The highest BCUT2D eigenvalue weighted by atomic mass is 15.1. The van der Waals surface area contributed by atoms with Gasteiger partial charge in [-0.25, -0.2) is 0 Å². The molecular formula is C69H47N. The molecule has 1 nitrogen and oxygen atoms in total. The summed E-state index contributed by atoms with van der Waals surface area (Å²) in [5, 5.41) is 4.99. The molecule has 0 radical (unpaired) electrons. The van der Waals surface area contributed by atoms with E-state index in [0.717, 1.165) is 22.6 Å². The van der Waals surface area contributed by atoms with Crippen molar-refractivity contribution in [2.75, 3.05) is 4.90 Å². The Morgan fingerprint density at radius 3 is 1.33 bits per heavy atom. The summed E-state index contributed by atoms with van der Waals surface area (Å²) in [6.07, 6.45) is 0. The molecule has 13 rings (SSSR count). The predicted molar refractivity (Wildman–Crippen MR) is 295 cm³/mol. The van der Waals surface area contributed by atoms with Crippen LogP contribution in [0.1, 0.15) is 22.3 Å². The van der Waals surface area contributed by atoms with Crippen molar-refractivity contribution in [3.63, 3.8) is 0 Å². The fraction of sp³-hybridized carbons (Fsp3) is 0.0145. The van der Waals surface area contributed by atoms with Gasteiger partial charge in [0, 0.05) is 17.1 Å². The van der Waals surface area contributed by atoms with E-state index in [4.69, 9.17) is 0 Å². The second kappa shape index (κ2) is 17.2. The second-order valence-electron chi connectivity index (χ2n) is 18.3. The zero-order valence-corrected chi connectivity index (χ0v) is 38.6. The third-order valence-electron chi connectivity index (χ3n) is 14.5. The number of hydrogen-bond donors (Lipinski definition) is 0. The van der Waals surface area contributed by atoms with Crippen LogP contribution in [0.5, 0.6) is 0 Å². The zero-order valence-electron chi connectivity index (χ0n) is 38.6. The van der Waals surface area contributed by atoms with Crippen LogP contribution < -0.4 is 4.90 Å². The van der Waals surface area contributed by atoms with E-state index in [2.05, 4.69) is 290 Å². The summed E-state index contributed by atoms with van der Waals surface area (Å²) in [5.41, 5.74) is 20.0. The van der Waals surface area contributed by atoms with Gasteiger partial charge in [-0.05, 0) is 142 Å². The summed E-state index contributed by atoms with van der Waals surface area (Å²) in [5.74, 6) is 0. The summed E-state index contributed by atoms with van der Waals surface area (Å²) in [6.45, 7) is 0. The first-order valence-corrected chi connectivity index (χ1v) is 24.2. The Morgan fingerprint density at radius 2 is 0.671 bits per heavy atom. The van der Waals surface area contributed by atoms with Crippen LogP contribution >= 0.6 is 0 Å². The van der Waals surface area contributed by atoms with Crippen molar-refractivity contribution in [1.82, 2.24) is 0 Å². The van der Waals surface area contributed by atoms with Crippen LogP contribution in [0.3, 0.4) is 0 Å². The molecule has 0 aromatic heterocycles. The van der Waals surface area contributed by atoms with Gasteiger partial charge in [-0.3, -0.25) is 0 Å². The molecule has 0 N–H and O–H groups in total. The molecule has 12 aromatic rings. The normalized spacial score (nSPS) is 12.4. The third kappa shape index (κ3) is 6.78. The van der Waals surface area contributed by atoms with Gasteiger partial charge in [-0.15, -0.1) is 0 Å². The number of rotatable bonds is 9. The van der Waals surface area contributed by atoms with Gasteiger partial charge in [0.25, 0.3) is 0 Å². The average molecular weight is 890 g/mol. The monoisotopic (exact) mass is 889 g/mol. The summed E-state index contributed by atoms with van der Waals surface area (Å²) in [6, 6.07) is 105. The topological polar surface area (TPSA) is 3.24 Å². The summed E-state index contributed by atoms with van der Waals surface area (Å²) >= 11 is 0. The fourth-order valence-corrected chi connectivity index (χ4v) is 11.5. The van der Waals surface area contributed by atoms with Crippen molar-refractivity contribution in [2.45, 2.75) is 5.41 Å². The van der Waals surface area contributed by atoms with Gasteiger partial charge in [-0.1, -0.05) is 243 Å². The van der Waals surface area contributed by atoms with Crippen molar-refractivity contribution in [3.8, 4) is 55.6 Å². The van der Waals surface area contributed by atoms with E-state index in [0.29, 0.717) is 0 Å². The first-order chi connectivity index (χ1) is 34.7. The molecule has 0 fully saturated rings. The molecule has 0 bridgehead atoms. The molecule has 0 unspecified atom stereocenters. The minimum atomic E-state index is -0.477. The molecule has 0 spiro atoms. The lowest BCUT2D eigenvalue weighted by Gasteiger charge is -2.34. The molecule has 328 valence electrons. The van der Waals surface area contributed by atoms with E-state index >= 15 is 0 Å². The van der Waals surface area contributed by atoms with E-state index in [1.165, 1.54) is 93.9 Å². The number of anilines is 3. The molecule has 0 amide bonds. The molecule has 12 aromatic carbocycles. The number of fused-ring (bicyclic) bond motifs is 6. The van der Waals surface area contributed by atoms with E-state index < -0.39 is 5.41 Å². The maximum Gasteiger partial charge on any atom is 0.0713 e. The Morgan fingerprint density at radius 1 is 0.229 bits per heavy atom. The minimum Gasteiger partial charge on any atom is -0.310 e. The van der Waals surface area contributed by atoms with Crippen LogP contribution in [-0.2, 0) is 5.41 Å². The third-order valence-corrected chi connectivity index (χ3v) is 14.5. The molecule has 0 atom stereocenters. The van der Waals surface area contributed by atoms with Crippen LogP contribution in [0.4, 0.5) is 17.1 Å². The SMILES string of the molecule is c1ccc(-c2ccc(N(c3cccc(-c4ccc5c(c4)c(-c4ccccc4)c(-c4ccccc4)c4ccccc45)c3)c3ccc4c(c3)-c3ccccc3C4(c3ccccc3)c3ccccc3)cc2)cc1. The summed E-state index contributed by atoms with van der Waals surface area (Å²) in [4.78, 5) is 2.43. The summed E-state index contributed by atoms with van der Waals surface area (Å²) in [7, 11) is 0. The van der Waals surface area contributed by atoms with Crippen LogP contribution in [0, 0.1) is 0 Å². The smallest absolute Gasteiger partial charge is 0.0713 e. The van der Waals surface area contributed by atoms with Crippen LogP contribution in [0.2, 0.25) is 0 Å². The van der Waals surface area contributed by atoms with Gasteiger partial charge in [0.15, 0.2) is 0 Å². The van der Waals surface area contributed by atoms with Crippen molar-refractivity contribution < 1.29 is 0 Å². The minimum absolute atomic E-state index is 0.477. The van der Waals surface area contributed by atoms with Gasteiger partial charge in [0.2, 0.25) is 0 Å². The standard InChI is InChI=1S/C69H47N/c1-6-21-48(22-7-1)49-37-40-56(41-38-49)70(58-42-44-66-63(47-58)61-34-18-19-36-65(61)69(66,54-28-12-4-13-29-54)55-30-14-5-15-31-55)57-32-20-27-52(45-57)53-39-43-60-59-33-16-17-35-62(59)67(50-23-8-2-9-24-50)68(64(60)46-53)51-25-10-3-11-26-51/h1-47H. The van der Waals surface area contributed by atoms with Crippen molar-refractivity contribution in [1.29, 1.82) is 0 Å². The Labute approximate surface area is 409 Å². The van der Waals surface area contributed by atoms with Gasteiger partial charge < -0.3 is 4.90 Å². The highest BCUT2D eigenvalue weighted by Gasteiger charge is 2.46. The molecule has 1 aliphatic rings. The molecule has 0 saturated carbocycles. The Bertz CT molecular complexity index is 3800. The predicted octanol–water partition coefficient (Wildman–Crippen LogP) is 18.5. The molecule has 0 heterocycles. The molecule has 70 heavy (non-hydrogen) atoms. The number of hydrogen-bond acceptors (Lipinski definition) is 1. The quantitative estimate of drug-likeness (QED) is 0.131. The Kier molecular flexibility index (Phi) is 10.1. The first-order valence-electron chi connectivity index (χ1n) is 24.2. The van der Waals surface area contributed by atoms with Gasteiger partial charge in [0.05, 0.1) is 5.41 Å². The summed E-state index contributed by atoms with van der Waals surface area (Å²) < 4.78 is 0. The highest BCUT2D eigenvalue weighted by Crippen LogP contribution is 2.57. The van der Waals surface area contributed by atoms with Crippen molar-refractivity contribution in [2.24, 2.45) is 0 Å². The van der Waals surface area contributed by atoms with Gasteiger partial charge >= 0.3 is 0 Å². The number of nitrogens with zero attached hydrogens (tertiary/aromatic N) is 1. The maximum absolute atomic E-state index is 2.43. The van der Waals surface area contributed by atoms with Gasteiger partial charge in [0.1, 0.15) is 0 Å². The van der Waals surface area contributed by atoms with Crippen LogP contribution in [-0.4, -0.2) is 0 Å². The molecule has 0 aliphatic heterocycles. The Hall–Kier alpha value is -9.04. The molecule has 0 saturated heterocycles. The van der Waals surface area contributed by atoms with E-state index in [-0.39, 0.29) is 0 Å². The van der Waals surface area contributed by atoms with E-state index in [9.17, 15) is 0 Å². The van der Waals surface area contributed by atoms with Crippen molar-refractivity contribution in [3.05, 3.63) is 307 Å². The van der Waals surface area contributed by atoms with Crippen LogP contribution in [0.15, 0.2) is 285 Å². The fourth-order valence-electron chi connectivity index (χ4n) is 11.5. The van der Waals surface area contributed by atoms with E-state index in [1.54, 1.807) is 0 Å². The Balaban J connectivity index is 1.01. The van der Waals surface area contributed by atoms with Crippen molar-refractivity contribution >= 4 is 38.6 Å². The largest absolute Gasteiger partial charge is 0.310 e. The second-order valence-corrected chi connectivity index (χ2v) is 18.3. The lowest BCUT2D eigenvalue weighted by atomic mass is 9.68. The zero-order chi connectivity index (χ0) is 46.4. The van der Waals surface area contributed by atoms with Gasteiger partial charge in [-0.2, -0.15) is 0 Å². The molecule has 1 aliphatic carbocycles. The molecule has 1 heteroatoms. The highest BCUT2D eigenvalue weighted by molar-refractivity contribution is 6.22.